The number of piperidine rings is 1. The maximum atomic E-state index is 5.71. The molecule has 0 aromatic carbocycles. The van der Waals surface area contributed by atoms with Crippen LogP contribution in [0.25, 0.3) is 22.6 Å². The minimum absolute atomic E-state index is 0.244. The van der Waals surface area contributed by atoms with Crippen LogP contribution in [0.4, 0.5) is 0 Å². The van der Waals surface area contributed by atoms with Crippen LogP contribution in [0.2, 0.25) is 0 Å². The van der Waals surface area contributed by atoms with Crippen LogP contribution in [0.15, 0.2) is 47.4 Å². The van der Waals surface area contributed by atoms with Crippen LogP contribution in [0, 0.1) is 0 Å². The van der Waals surface area contributed by atoms with Crippen LogP contribution in [0.3, 0.4) is 0 Å². The standard InChI is InChI=1S/C22H26N6O/c1-27-13-8-18(9-14-27)28-12-2-3-20(28)22-25-21(26-29-22)17-4-5-19(24-15-17)16-6-10-23-11-7-16/h4-7,10-11,15,18,20H,2-3,8-9,12-14H2,1H3. The van der Waals surface area contributed by atoms with E-state index in [1.807, 2.05) is 30.5 Å². The van der Waals surface area contributed by atoms with Gasteiger partial charge >= 0.3 is 0 Å². The summed E-state index contributed by atoms with van der Waals surface area (Å²) in [6.07, 6.45) is 10.1. The smallest absolute Gasteiger partial charge is 0.244 e. The van der Waals surface area contributed by atoms with Gasteiger partial charge in [-0.2, -0.15) is 4.98 Å². The highest BCUT2D eigenvalue weighted by Crippen LogP contribution is 2.36. The average molecular weight is 390 g/mol. The molecular weight excluding hydrogens is 364 g/mol. The zero-order valence-corrected chi connectivity index (χ0v) is 16.7. The summed E-state index contributed by atoms with van der Waals surface area (Å²) in [5, 5.41) is 4.25. The van der Waals surface area contributed by atoms with Gasteiger partial charge in [0.05, 0.1) is 11.7 Å². The van der Waals surface area contributed by atoms with Crippen molar-refractivity contribution in [3.63, 3.8) is 0 Å². The zero-order chi connectivity index (χ0) is 19.6. The Labute approximate surface area is 170 Å². The number of likely N-dealkylation sites (tertiary alicyclic amines) is 2. The highest BCUT2D eigenvalue weighted by atomic mass is 16.5. The van der Waals surface area contributed by atoms with Gasteiger partial charge in [-0.05, 0) is 76.6 Å². The molecule has 3 aromatic rings. The van der Waals surface area contributed by atoms with Gasteiger partial charge in [0, 0.05) is 35.8 Å². The highest BCUT2D eigenvalue weighted by molar-refractivity contribution is 5.62. The van der Waals surface area contributed by atoms with E-state index in [-0.39, 0.29) is 6.04 Å². The molecule has 3 aromatic heterocycles. The van der Waals surface area contributed by atoms with Gasteiger partial charge < -0.3 is 9.42 Å². The maximum absolute atomic E-state index is 5.71. The van der Waals surface area contributed by atoms with E-state index in [9.17, 15) is 0 Å². The van der Waals surface area contributed by atoms with Crippen molar-refractivity contribution in [2.75, 3.05) is 26.7 Å². The molecule has 2 aliphatic heterocycles. The molecule has 0 N–H and O–H groups in total. The van der Waals surface area contributed by atoms with Crippen molar-refractivity contribution in [3.05, 3.63) is 48.7 Å². The molecule has 0 saturated carbocycles. The number of pyridine rings is 2. The molecule has 150 valence electrons. The van der Waals surface area contributed by atoms with Crippen LogP contribution < -0.4 is 0 Å². The summed E-state index contributed by atoms with van der Waals surface area (Å²) in [4.78, 5) is 18.4. The monoisotopic (exact) mass is 390 g/mol. The van der Waals surface area contributed by atoms with Gasteiger partial charge in [-0.25, -0.2) is 0 Å². The average Bonchev–Trinajstić information content (AvgIpc) is 3.45. The molecule has 2 saturated heterocycles. The minimum Gasteiger partial charge on any atom is -0.337 e. The molecule has 0 bridgehead atoms. The molecule has 0 amide bonds. The third kappa shape index (κ3) is 3.80. The van der Waals surface area contributed by atoms with Gasteiger partial charge in [0.25, 0.3) is 0 Å². The molecule has 7 heteroatoms. The van der Waals surface area contributed by atoms with E-state index in [1.165, 1.54) is 32.4 Å². The Morgan fingerprint density at radius 2 is 1.79 bits per heavy atom. The van der Waals surface area contributed by atoms with Gasteiger partial charge in [-0.3, -0.25) is 14.9 Å². The lowest BCUT2D eigenvalue weighted by molar-refractivity contribution is 0.0958. The SMILES string of the molecule is CN1CCC(N2CCCC2c2nc(-c3ccc(-c4ccncc4)nc3)no2)CC1. The van der Waals surface area contributed by atoms with E-state index < -0.39 is 0 Å². The summed E-state index contributed by atoms with van der Waals surface area (Å²) in [5.41, 5.74) is 2.82. The Morgan fingerprint density at radius 1 is 0.966 bits per heavy atom. The Bertz CT molecular complexity index is 933. The van der Waals surface area contributed by atoms with Crippen molar-refractivity contribution in [2.45, 2.75) is 37.8 Å². The lowest BCUT2D eigenvalue weighted by Gasteiger charge is -2.37. The van der Waals surface area contributed by atoms with Crippen molar-refractivity contribution in [3.8, 4) is 22.6 Å². The summed E-state index contributed by atoms with van der Waals surface area (Å²) >= 11 is 0. The Hall–Kier alpha value is -2.64. The zero-order valence-electron chi connectivity index (χ0n) is 16.7. The second-order valence-electron chi connectivity index (χ2n) is 8.05. The van der Waals surface area contributed by atoms with E-state index in [4.69, 9.17) is 9.51 Å². The van der Waals surface area contributed by atoms with Gasteiger partial charge in [0.15, 0.2) is 0 Å². The fraction of sp³-hybridized carbons (Fsp3) is 0.455. The number of aromatic nitrogens is 4. The Morgan fingerprint density at radius 3 is 2.55 bits per heavy atom. The van der Waals surface area contributed by atoms with E-state index in [0.29, 0.717) is 11.9 Å². The van der Waals surface area contributed by atoms with Gasteiger partial charge in [-0.15, -0.1) is 0 Å². The van der Waals surface area contributed by atoms with Crippen LogP contribution >= 0.6 is 0 Å². The third-order valence-electron chi connectivity index (χ3n) is 6.18. The van der Waals surface area contributed by atoms with Crippen molar-refractivity contribution in [1.29, 1.82) is 0 Å². The number of rotatable bonds is 4. The van der Waals surface area contributed by atoms with Crippen molar-refractivity contribution in [2.24, 2.45) is 0 Å². The van der Waals surface area contributed by atoms with Crippen LogP contribution in [-0.2, 0) is 0 Å². The molecule has 29 heavy (non-hydrogen) atoms. The second-order valence-corrected chi connectivity index (χ2v) is 8.05. The van der Waals surface area contributed by atoms with E-state index in [0.717, 1.165) is 35.7 Å². The van der Waals surface area contributed by atoms with E-state index in [1.54, 1.807) is 12.4 Å². The topological polar surface area (TPSA) is 71.2 Å². The summed E-state index contributed by atoms with van der Waals surface area (Å²) in [5.74, 6) is 1.36. The highest BCUT2D eigenvalue weighted by Gasteiger charge is 2.36. The number of hydrogen-bond acceptors (Lipinski definition) is 7. The largest absolute Gasteiger partial charge is 0.337 e. The quantitative estimate of drug-likeness (QED) is 0.676. The fourth-order valence-electron chi connectivity index (χ4n) is 4.53. The minimum atomic E-state index is 0.244. The number of hydrogen-bond donors (Lipinski definition) is 0. The van der Waals surface area contributed by atoms with E-state index in [2.05, 4.69) is 32.0 Å². The molecule has 5 heterocycles. The van der Waals surface area contributed by atoms with Crippen LogP contribution in [-0.4, -0.2) is 62.6 Å². The first-order valence-corrected chi connectivity index (χ1v) is 10.4. The first-order chi connectivity index (χ1) is 14.3. The van der Waals surface area contributed by atoms with Crippen molar-refractivity contribution < 1.29 is 4.52 Å². The normalized spacial score (nSPS) is 21.6. The van der Waals surface area contributed by atoms with Gasteiger partial charge in [-0.1, -0.05) is 5.16 Å². The lowest BCUT2D eigenvalue weighted by atomic mass is 10.0. The maximum Gasteiger partial charge on any atom is 0.244 e. The van der Waals surface area contributed by atoms with E-state index >= 15 is 0 Å². The van der Waals surface area contributed by atoms with Crippen LogP contribution in [0.5, 0.6) is 0 Å². The van der Waals surface area contributed by atoms with Gasteiger partial charge in [0.2, 0.25) is 11.7 Å². The fourth-order valence-corrected chi connectivity index (χ4v) is 4.53. The molecule has 0 spiro atoms. The molecule has 2 fully saturated rings. The van der Waals surface area contributed by atoms with Crippen molar-refractivity contribution in [1.82, 2.24) is 29.9 Å². The molecule has 5 rings (SSSR count). The number of nitrogens with zero attached hydrogens (tertiary/aromatic N) is 6. The lowest BCUT2D eigenvalue weighted by Crippen LogP contribution is -2.43. The summed E-state index contributed by atoms with van der Waals surface area (Å²) in [6.45, 7) is 3.45. The Kier molecular flexibility index (Phi) is 5.08. The van der Waals surface area contributed by atoms with Gasteiger partial charge in [0.1, 0.15) is 0 Å². The molecule has 7 nitrogen and oxygen atoms in total. The Balaban J connectivity index is 1.32. The van der Waals surface area contributed by atoms with Crippen molar-refractivity contribution >= 4 is 0 Å². The first kappa shape index (κ1) is 18.4. The molecule has 0 radical (unpaired) electrons. The third-order valence-corrected chi connectivity index (χ3v) is 6.18. The molecule has 1 unspecified atom stereocenters. The first-order valence-electron chi connectivity index (χ1n) is 10.4. The molecule has 0 aliphatic carbocycles. The molecule has 1 atom stereocenters. The second kappa shape index (κ2) is 8.00. The molecular formula is C22H26N6O. The predicted molar refractivity (Wildman–Crippen MR) is 110 cm³/mol. The van der Waals surface area contributed by atoms with Crippen LogP contribution in [0.1, 0.15) is 37.6 Å². The molecule has 2 aliphatic rings. The summed E-state index contributed by atoms with van der Waals surface area (Å²) < 4.78 is 5.71. The summed E-state index contributed by atoms with van der Waals surface area (Å²) in [6, 6.07) is 8.75. The summed E-state index contributed by atoms with van der Waals surface area (Å²) in [7, 11) is 2.20. The predicted octanol–water partition coefficient (Wildman–Crippen LogP) is 3.42.